The van der Waals surface area contributed by atoms with Crippen LogP contribution in [-0.2, 0) is 23.2 Å². The normalized spacial score (nSPS) is 31.1. The van der Waals surface area contributed by atoms with Crippen LogP contribution in [0.25, 0.3) is 0 Å². The largest absolute Gasteiger partial charge is 0.444 e. The lowest BCUT2D eigenvalue weighted by atomic mass is 9.71. The highest BCUT2D eigenvalue weighted by Gasteiger charge is 2.49. The Kier molecular flexibility index (Phi) is 3.87. The van der Waals surface area contributed by atoms with Crippen LogP contribution in [0.15, 0.2) is 18.2 Å². The van der Waals surface area contributed by atoms with Crippen LogP contribution >= 0.6 is 0 Å². The predicted octanol–water partition coefficient (Wildman–Crippen LogP) is 3.92. The maximum absolute atomic E-state index is 12.7. The van der Waals surface area contributed by atoms with Crippen LogP contribution in [0, 0.1) is 0 Å². The second kappa shape index (κ2) is 5.73. The molecule has 2 aliphatic heterocycles. The van der Waals surface area contributed by atoms with E-state index in [-0.39, 0.29) is 18.2 Å². The predicted molar refractivity (Wildman–Crippen MR) is 96.5 cm³/mol. The van der Waals surface area contributed by atoms with Gasteiger partial charge in [0.25, 0.3) is 0 Å². The van der Waals surface area contributed by atoms with Gasteiger partial charge >= 0.3 is 6.09 Å². The summed E-state index contributed by atoms with van der Waals surface area (Å²) in [6.45, 7) is 5.72. The molecule has 0 saturated carbocycles. The smallest absolute Gasteiger partial charge is 0.410 e. The summed E-state index contributed by atoms with van der Waals surface area (Å²) in [7, 11) is 0. The molecule has 1 N–H and O–H groups in total. The molecule has 4 heteroatoms. The second-order valence-electron chi connectivity index (χ2n) is 9.05. The third-order valence-electron chi connectivity index (χ3n) is 6.02. The highest BCUT2D eigenvalue weighted by Crippen LogP contribution is 2.45. The van der Waals surface area contributed by atoms with Gasteiger partial charge < -0.3 is 14.7 Å². The molecule has 2 saturated heterocycles. The number of aliphatic hydroxyl groups is 1. The van der Waals surface area contributed by atoms with E-state index in [1.807, 2.05) is 25.7 Å². The van der Waals surface area contributed by atoms with Crippen LogP contribution in [-0.4, -0.2) is 33.8 Å². The number of nitrogens with zero attached hydrogens (tertiary/aromatic N) is 1. The van der Waals surface area contributed by atoms with Gasteiger partial charge in [-0.15, -0.1) is 0 Å². The van der Waals surface area contributed by atoms with Crippen molar-refractivity contribution in [2.45, 2.75) is 89.0 Å². The van der Waals surface area contributed by atoms with E-state index in [0.717, 1.165) is 37.7 Å². The SMILES string of the molecule is CC(C)(C)OC(=O)N1C2CCCC1CC(O)(c1ccc3c(c1)CC3)C2. The molecule has 2 unspecified atom stereocenters. The quantitative estimate of drug-likeness (QED) is 0.841. The number of hydrogen-bond acceptors (Lipinski definition) is 3. The Hall–Kier alpha value is -1.55. The Bertz CT molecular complexity index is 677. The van der Waals surface area contributed by atoms with Crippen molar-refractivity contribution in [2.24, 2.45) is 0 Å². The van der Waals surface area contributed by atoms with E-state index in [0.29, 0.717) is 12.8 Å². The van der Waals surface area contributed by atoms with Crippen LogP contribution < -0.4 is 0 Å². The molecule has 4 rings (SSSR count). The summed E-state index contributed by atoms with van der Waals surface area (Å²) in [4.78, 5) is 14.6. The summed E-state index contributed by atoms with van der Waals surface area (Å²) in [5.41, 5.74) is 2.52. The molecule has 0 aromatic heterocycles. The van der Waals surface area contributed by atoms with Crippen LogP contribution in [0.3, 0.4) is 0 Å². The number of piperidine rings is 2. The molecular weight excluding hydrogens is 314 g/mol. The van der Waals surface area contributed by atoms with E-state index in [1.54, 1.807) is 0 Å². The molecule has 2 fully saturated rings. The molecule has 3 aliphatic rings. The Morgan fingerprint density at radius 2 is 1.80 bits per heavy atom. The first-order valence-electron chi connectivity index (χ1n) is 9.61. The summed E-state index contributed by atoms with van der Waals surface area (Å²) in [6.07, 6.45) is 6.30. The van der Waals surface area contributed by atoms with Gasteiger partial charge in [0, 0.05) is 24.9 Å². The van der Waals surface area contributed by atoms with Crippen molar-refractivity contribution < 1.29 is 14.6 Å². The number of aryl methyl sites for hydroxylation is 2. The molecular formula is C21H29NO3. The van der Waals surface area contributed by atoms with E-state index in [1.165, 1.54) is 11.1 Å². The van der Waals surface area contributed by atoms with Gasteiger partial charge in [-0.25, -0.2) is 4.79 Å². The van der Waals surface area contributed by atoms with E-state index in [2.05, 4.69) is 18.2 Å². The van der Waals surface area contributed by atoms with Crippen molar-refractivity contribution in [3.05, 3.63) is 34.9 Å². The summed E-state index contributed by atoms with van der Waals surface area (Å²) in [6, 6.07) is 6.59. The Labute approximate surface area is 150 Å². The average Bonchev–Trinajstić information content (AvgIpc) is 2.45. The molecule has 1 aromatic rings. The molecule has 2 bridgehead atoms. The lowest BCUT2D eigenvalue weighted by molar-refractivity contribution is -0.0965. The van der Waals surface area contributed by atoms with Crippen LogP contribution in [0.5, 0.6) is 0 Å². The molecule has 4 nitrogen and oxygen atoms in total. The molecule has 2 atom stereocenters. The number of carbonyl (C=O) groups is 1. The first-order chi connectivity index (χ1) is 11.8. The minimum Gasteiger partial charge on any atom is -0.444 e. The maximum Gasteiger partial charge on any atom is 0.410 e. The fraction of sp³-hybridized carbons (Fsp3) is 0.667. The zero-order valence-electron chi connectivity index (χ0n) is 15.5. The van der Waals surface area contributed by atoms with Crippen molar-refractivity contribution in [2.75, 3.05) is 0 Å². The standard InChI is InChI=1S/C21H29NO3/c1-20(2,3)25-19(23)22-17-5-4-6-18(22)13-21(24,12-17)16-10-9-14-7-8-15(14)11-16/h9-11,17-18,24H,4-8,12-13H2,1-3H3. The van der Waals surface area contributed by atoms with Gasteiger partial charge in [0.2, 0.25) is 0 Å². The molecule has 25 heavy (non-hydrogen) atoms. The van der Waals surface area contributed by atoms with Crippen molar-refractivity contribution in [1.29, 1.82) is 0 Å². The van der Waals surface area contributed by atoms with Crippen LogP contribution in [0.1, 0.15) is 69.6 Å². The fourth-order valence-corrected chi connectivity index (χ4v) is 4.76. The third-order valence-corrected chi connectivity index (χ3v) is 6.02. The summed E-state index contributed by atoms with van der Waals surface area (Å²) < 4.78 is 5.64. The van der Waals surface area contributed by atoms with Gasteiger partial charge in [0.05, 0.1) is 5.60 Å². The van der Waals surface area contributed by atoms with Gasteiger partial charge in [-0.3, -0.25) is 0 Å². The minimum atomic E-state index is -0.821. The lowest BCUT2D eigenvalue weighted by Crippen LogP contribution is -2.59. The zero-order chi connectivity index (χ0) is 17.8. The molecule has 0 spiro atoms. The van der Waals surface area contributed by atoms with Gasteiger partial charge in [-0.1, -0.05) is 18.2 Å². The van der Waals surface area contributed by atoms with E-state index in [9.17, 15) is 9.90 Å². The van der Waals surface area contributed by atoms with E-state index in [4.69, 9.17) is 4.74 Å². The maximum atomic E-state index is 12.7. The third kappa shape index (κ3) is 3.05. The Balaban J connectivity index is 1.58. The monoisotopic (exact) mass is 343 g/mol. The number of carbonyl (C=O) groups excluding carboxylic acids is 1. The van der Waals surface area contributed by atoms with Gasteiger partial charge in [0.1, 0.15) is 5.60 Å². The highest BCUT2D eigenvalue weighted by molar-refractivity contribution is 5.69. The number of amides is 1. The summed E-state index contributed by atoms with van der Waals surface area (Å²) in [5, 5.41) is 11.4. The average molecular weight is 343 g/mol. The molecule has 2 heterocycles. The molecule has 136 valence electrons. The first kappa shape index (κ1) is 16.9. The van der Waals surface area contributed by atoms with Gasteiger partial charge in [0.15, 0.2) is 0 Å². The number of rotatable bonds is 1. The van der Waals surface area contributed by atoms with E-state index >= 15 is 0 Å². The van der Waals surface area contributed by atoms with Gasteiger partial charge in [-0.2, -0.15) is 0 Å². The summed E-state index contributed by atoms with van der Waals surface area (Å²) >= 11 is 0. The minimum absolute atomic E-state index is 0.0680. The van der Waals surface area contributed by atoms with Gasteiger partial charge in [-0.05, 0) is 69.6 Å². The highest BCUT2D eigenvalue weighted by atomic mass is 16.6. The molecule has 1 aromatic carbocycles. The second-order valence-corrected chi connectivity index (χ2v) is 9.05. The van der Waals surface area contributed by atoms with Crippen molar-refractivity contribution in [3.8, 4) is 0 Å². The molecule has 1 aliphatic carbocycles. The Morgan fingerprint density at radius 1 is 1.16 bits per heavy atom. The topological polar surface area (TPSA) is 49.8 Å². The van der Waals surface area contributed by atoms with Crippen LogP contribution in [0.2, 0.25) is 0 Å². The van der Waals surface area contributed by atoms with Crippen molar-refractivity contribution in [3.63, 3.8) is 0 Å². The molecule has 0 radical (unpaired) electrons. The van der Waals surface area contributed by atoms with Crippen molar-refractivity contribution >= 4 is 6.09 Å². The number of ether oxygens (including phenoxy) is 1. The zero-order valence-corrected chi connectivity index (χ0v) is 15.5. The van der Waals surface area contributed by atoms with E-state index < -0.39 is 11.2 Å². The first-order valence-corrected chi connectivity index (χ1v) is 9.61. The number of benzene rings is 1. The molecule has 1 amide bonds. The Morgan fingerprint density at radius 3 is 2.32 bits per heavy atom. The lowest BCUT2D eigenvalue weighted by Gasteiger charge is -2.52. The fourth-order valence-electron chi connectivity index (χ4n) is 4.76. The number of hydrogen-bond donors (Lipinski definition) is 1. The summed E-state index contributed by atoms with van der Waals surface area (Å²) in [5.74, 6) is 0. The van der Waals surface area contributed by atoms with Crippen LogP contribution in [0.4, 0.5) is 4.79 Å². The van der Waals surface area contributed by atoms with Crippen molar-refractivity contribution in [1.82, 2.24) is 4.90 Å². The number of fused-ring (bicyclic) bond motifs is 3.